The van der Waals surface area contributed by atoms with E-state index in [0.29, 0.717) is 23.9 Å². The minimum Gasteiger partial charge on any atom is -0.481 e. The van der Waals surface area contributed by atoms with Crippen LogP contribution in [0, 0.1) is 11.3 Å². The molecule has 0 unspecified atom stereocenters. The first-order valence-electron chi connectivity index (χ1n) is 6.52. The van der Waals surface area contributed by atoms with Gasteiger partial charge in [-0.05, 0) is 18.8 Å². The molecule has 0 bridgehead atoms. The Balaban J connectivity index is 1.80. The van der Waals surface area contributed by atoms with Crippen molar-refractivity contribution in [3.8, 4) is 0 Å². The fourth-order valence-corrected chi connectivity index (χ4v) is 2.69. The molecule has 8 heteroatoms. The lowest BCUT2D eigenvalue weighted by Gasteiger charge is -2.10. The first kappa shape index (κ1) is 14.7. The van der Waals surface area contributed by atoms with Crippen molar-refractivity contribution in [3.05, 3.63) is 5.01 Å². The predicted octanol–water partition coefficient (Wildman–Crippen LogP) is 1.72. The third-order valence-electron chi connectivity index (χ3n) is 3.16. The van der Waals surface area contributed by atoms with Gasteiger partial charge < -0.3 is 10.4 Å². The fourth-order valence-electron chi connectivity index (χ4n) is 1.74. The molecule has 0 aliphatic heterocycles. The molecule has 1 aromatic rings. The van der Waals surface area contributed by atoms with Crippen LogP contribution in [0.3, 0.4) is 0 Å². The summed E-state index contributed by atoms with van der Waals surface area (Å²) in [4.78, 5) is 22.6. The number of carbonyl (C=O) groups excluding carboxylic acids is 1. The Kier molecular flexibility index (Phi) is 4.22. The number of carbonyl (C=O) groups is 2. The number of rotatable bonds is 6. The summed E-state index contributed by atoms with van der Waals surface area (Å²) in [5, 5.41) is 23.3. The van der Waals surface area contributed by atoms with E-state index in [9.17, 15) is 9.59 Å². The molecule has 110 valence electrons. The van der Waals surface area contributed by atoms with Crippen molar-refractivity contribution >= 4 is 28.5 Å². The molecule has 1 saturated carbocycles. The van der Waals surface area contributed by atoms with E-state index in [4.69, 9.17) is 5.11 Å². The largest absolute Gasteiger partial charge is 0.481 e. The average molecular weight is 298 g/mol. The lowest BCUT2D eigenvalue weighted by molar-refractivity contribution is -0.143. The van der Waals surface area contributed by atoms with Crippen molar-refractivity contribution in [2.75, 3.05) is 11.9 Å². The maximum Gasteiger partial charge on any atom is 0.321 e. The van der Waals surface area contributed by atoms with E-state index >= 15 is 0 Å². The molecule has 20 heavy (non-hydrogen) atoms. The highest BCUT2D eigenvalue weighted by molar-refractivity contribution is 7.15. The van der Waals surface area contributed by atoms with Crippen LogP contribution < -0.4 is 10.6 Å². The van der Waals surface area contributed by atoms with Gasteiger partial charge in [0.2, 0.25) is 5.13 Å². The summed E-state index contributed by atoms with van der Waals surface area (Å²) >= 11 is 1.33. The third kappa shape index (κ3) is 3.66. The van der Waals surface area contributed by atoms with Crippen molar-refractivity contribution in [1.82, 2.24) is 15.5 Å². The zero-order chi connectivity index (χ0) is 14.8. The van der Waals surface area contributed by atoms with Crippen LogP contribution in [0.1, 0.15) is 31.7 Å². The number of hydrogen-bond donors (Lipinski definition) is 3. The Morgan fingerprint density at radius 1 is 1.40 bits per heavy atom. The molecule has 1 fully saturated rings. The van der Waals surface area contributed by atoms with Gasteiger partial charge in [0.15, 0.2) is 0 Å². The zero-order valence-corrected chi connectivity index (χ0v) is 12.3. The van der Waals surface area contributed by atoms with E-state index in [1.54, 1.807) is 0 Å². The Morgan fingerprint density at radius 2 is 2.10 bits per heavy atom. The molecule has 1 aliphatic rings. The highest BCUT2D eigenvalue weighted by atomic mass is 32.1. The van der Waals surface area contributed by atoms with Crippen LogP contribution in [0.5, 0.6) is 0 Å². The highest BCUT2D eigenvalue weighted by Crippen LogP contribution is 2.45. The Bertz CT molecular complexity index is 511. The van der Waals surface area contributed by atoms with Crippen LogP contribution in [0.2, 0.25) is 0 Å². The number of nitrogens with one attached hydrogen (secondary N) is 2. The van der Waals surface area contributed by atoms with E-state index in [1.807, 2.05) is 0 Å². The summed E-state index contributed by atoms with van der Waals surface area (Å²) < 4.78 is 0. The lowest BCUT2D eigenvalue weighted by Crippen LogP contribution is -2.36. The first-order valence-corrected chi connectivity index (χ1v) is 7.33. The van der Waals surface area contributed by atoms with Crippen molar-refractivity contribution in [1.29, 1.82) is 0 Å². The topological polar surface area (TPSA) is 104 Å². The first-order chi connectivity index (χ1) is 9.41. The molecule has 1 aliphatic carbocycles. The second kappa shape index (κ2) is 5.74. The fraction of sp³-hybridized carbons (Fsp3) is 0.667. The molecule has 2 amide bonds. The number of anilines is 1. The van der Waals surface area contributed by atoms with Crippen LogP contribution in [-0.4, -0.2) is 33.8 Å². The molecule has 3 N–H and O–H groups in total. The minimum absolute atomic E-state index is 0.145. The number of nitrogens with zero attached hydrogens (tertiary/aromatic N) is 2. The van der Waals surface area contributed by atoms with Crippen LogP contribution in [0.15, 0.2) is 0 Å². The van der Waals surface area contributed by atoms with E-state index in [-0.39, 0.29) is 6.54 Å². The Morgan fingerprint density at radius 3 is 2.65 bits per heavy atom. The van der Waals surface area contributed by atoms with E-state index in [0.717, 1.165) is 11.4 Å². The number of hydrogen-bond acceptors (Lipinski definition) is 5. The van der Waals surface area contributed by atoms with Gasteiger partial charge in [0.25, 0.3) is 0 Å². The molecule has 0 saturated heterocycles. The zero-order valence-electron chi connectivity index (χ0n) is 11.5. The van der Waals surface area contributed by atoms with Crippen molar-refractivity contribution < 1.29 is 14.7 Å². The average Bonchev–Trinajstić information content (AvgIpc) is 3.04. The molecule has 0 spiro atoms. The monoisotopic (exact) mass is 298 g/mol. The van der Waals surface area contributed by atoms with Gasteiger partial charge in [-0.2, -0.15) is 0 Å². The summed E-state index contributed by atoms with van der Waals surface area (Å²) in [6, 6.07) is -0.440. The minimum atomic E-state index is -0.854. The number of aromatic nitrogens is 2. The summed E-state index contributed by atoms with van der Waals surface area (Å²) in [6.07, 6.45) is 2.04. The second-order valence-corrected chi connectivity index (χ2v) is 6.55. The van der Waals surface area contributed by atoms with Crippen LogP contribution in [0.4, 0.5) is 9.93 Å². The lowest BCUT2D eigenvalue weighted by atomic mass is 10.1. The molecule has 0 aromatic carbocycles. The van der Waals surface area contributed by atoms with Gasteiger partial charge in [0, 0.05) is 13.0 Å². The molecule has 7 nitrogen and oxygen atoms in total. The number of aliphatic carboxylic acids is 1. The molecule has 0 radical (unpaired) electrons. The Hall–Kier alpha value is -1.70. The highest BCUT2D eigenvalue weighted by Gasteiger charge is 2.50. The van der Waals surface area contributed by atoms with E-state index in [2.05, 4.69) is 34.7 Å². The van der Waals surface area contributed by atoms with Crippen LogP contribution >= 0.6 is 11.3 Å². The third-order valence-corrected chi connectivity index (χ3v) is 4.03. The van der Waals surface area contributed by atoms with Crippen molar-refractivity contribution in [3.63, 3.8) is 0 Å². The van der Waals surface area contributed by atoms with Gasteiger partial charge in [-0.1, -0.05) is 25.2 Å². The van der Waals surface area contributed by atoms with E-state index < -0.39 is 17.4 Å². The van der Waals surface area contributed by atoms with Gasteiger partial charge in [0.05, 0.1) is 5.41 Å². The number of amides is 2. The standard InChI is InChI=1S/C12H18N4O3S/c1-7(2)5-8-15-16-11(20-8)14-10(19)13-6-12(3-4-12)9(17)18/h7H,3-6H2,1-2H3,(H,17,18)(H2,13,14,16,19). The van der Waals surface area contributed by atoms with Gasteiger partial charge in [-0.25, -0.2) is 4.79 Å². The number of carboxylic acid groups (broad SMARTS) is 1. The number of urea groups is 1. The molecule has 1 heterocycles. The Labute approximate surface area is 120 Å². The van der Waals surface area contributed by atoms with Crippen LogP contribution in [-0.2, 0) is 11.2 Å². The number of carboxylic acids is 1. The maximum absolute atomic E-state index is 11.7. The summed E-state index contributed by atoms with van der Waals surface area (Å²) in [5.41, 5.74) is -0.763. The van der Waals surface area contributed by atoms with Gasteiger partial charge in [-0.15, -0.1) is 10.2 Å². The molecule has 0 atom stereocenters. The molecular weight excluding hydrogens is 280 g/mol. The maximum atomic E-state index is 11.7. The molecule has 2 rings (SSSR count). The molecular formula is C12H18N4O3S. The summed E-state index contributed by atoms with van der Waals surface area (Å²) in [5.74, 6) is -0.372. The van der Waals surface area contributed by atoms with E-state index in [1.165, 1.54) is 11.3 Å². The summed E-state index contributed by atoms with van der Waals surface area (Å²) in [6.45, 7) is 4.32. The SMILES string of the molecule is CC(C)Cc1nnc(NC(=O)NCC2(C(=O)O)CC2)s1. The smallest absolute Gasteiger partial charge is 0.321 e. The van der Waals surface area contributed by atoms with Gasteiger partial charge in [-0.3, -0.25) is 10.1 Å². The second-order valence-electron chi connectivity index (χ2n) is 5.49. The predicted molar refractivity (Wildman–Crippen MR) is 74.8 cm³/mol. The van der Waals surface area contributed by atoms with Crippen LogP contribution in [0.25, 0.3) is 0 Å². The summed E-state index contributed by atoms with van der Waals surface area (Å²) in [7, 11) is 0. The van der Waals surface area contributed by atoms with Crippen molar-refractivity contribution in [2.24, 2.45) is 11.3 Å². The normalized spacial score (nSPS) is 15.9. The quantitative estimate of drug-likeness (QED) is 0.742. The molecule has 1 aromatic heterocycles. The van der Waals surface area contributed by atoms with Gasteiger partial charge in [0.1, 0.15) is 5.01 Å². The van der Waals surface area contributed by atoms with Gasteiger partial charge >= 0.3 is 12.0 Å². The van der Waals surface area contributed by atoms with Crippen molar-refractivity contribution in [2.45, 2.75) is 33.1 Å².